The van der Waals surface area contributed by atoms with Crippen molar-refractivity contribution in [1.82, 2.24) is 19.4 Å². The maximum Gasteiger partial charge on any atom is 0.246 e. The average Bonchev–Trinajstić information content (AvgIpc) is 3.08. The maximum atomic E-state index is 12.8. The van der Waals surface area contributed by atoms with Crippen LogP contribution in [0.1, 0.15) is 37.6 Å². The number of aromatic nitrogens is 3. The second-order valence-corrected chi connectivity index (χ2v) is 7.79. The van der Waals surface area contributed by atoms with Gasteiger partial charge in [-0.1, -0.05) is 37.3 Å². The van der Waals surface area contributed by atoms with Gasteiger partial charge in [0.15, 0.2) is 0 Å². The Morgan fingerprint density at radius 1 is 1.17 bits per heavy atom. The van der Waals surface area contributed by atoms with Gasteiger partial charge in [-0.2, -0.15) is 0 Å². The third kappa shape index (κ3) is 4.24. The van der Waals surface area contributed by atoms with Gasteiger partial charge in [0.2, 0.25) is 5.91 Å². The van der Waals surface area contributed by atoms with E-state index in [0.29, 0.717) is 5.92 Å². The molecule has 1 amide bonds. The minimum Gasteiger partial charge on any atom is -0.339 e. The van der Waals surface area contributed by atoms with Crippen LogP contribution in [0.15, 0.2) is 54.9 Å². The van der Waals surface area contributed by atoms with Crippen LogP contribution in [0.4, 0.5) is 0 Å². The molecule has 1 aliphatic rings. The number of carbonyl (C=O) groups is 1. The molecule has 0 saturated carbocycles. The zero-order valence-electron chi connectivity index (χ0n) is 17.2. The van der Waals surface area contributed by atoms with Crippen molar-refractivity contribution in [2.45, 2.75) is 39.7 Å². The van der Waals surface area contributed by atoms with Crippen molar-refractivity contribution in [3.05, 3.63) is 66.3 Å². The van der Waals surface area contributed by atoms with E-state index in [-0.39, 0.29) is 5.91 Å². The molecule has 1 aromatic carbocycles. The quantitative estimate of drug-likeness (QED) is 0.606. The molecular formula is C24H28N4O. The highest BCUT2D eigenvalue weighted by atomic mass is 16.2. The summed E-state index contributed by atoms with van der Waals surface area (Å²) in [5.74, 6) is 1.73. The van der Waals surface area contributed by atoms with Gasteiger partial charge in [-0.05, 0) is 49.3 Å². The summed E-state index contributed by atoms with van der Waals surface area (Å²) < 4.78 is 2.30. The average molecular weight is 389 g/mol. The van der Waals surface area contributed by atoms with E-state index in [0.717, 1.165) is 66.9 Å². The predicted molar refractivity (Wildman–Crippen MR) is 116 cm³/mol. The number of fused-ring (bicyclic) bond motifs is 1. The Labute approximate surface area is 172 Å². The highest BCUT2D eigenvalue weighted by molar-refractivity contribution is 5.95. The molecule has 29 heavy (non-hydrogen) atoms. The third-order valence-corrected chi connectivity index (χ3v) is 5.93. The first kappa shape index (κ1) is 19.4. The molecule has 3 aromatic rings. The second kappa shape index (κ2) is 8.60. The number of hydrogen-bond donors (Lipinski definition) is 0. The molecule has 5 heteroatoms. The number of aryl methyl sites for hydroxylation is 1. The minimum atomic E-state index is 0.138. The highest BCUT2D eigenvalue weighted by Crippen LogP contribution is 2.24. The van der Waals surface area contributed by atoms with Crippen LogP contribution in [0.25, 0.3) is 16.6 Å². The van der Waals surface area contributed by atoms with Gasteiger partial charge >= 0.3 is 0 Å². The Bertz CT molecular complexity index is 1010. The molecule has 150 valence electrons. The lowest BCUT2D eigenvalue weighted by molar-refractivity contribution is -0.127. The van der Waals surface area contributed by atoms with Crippen LogP contribution in [0.3, 0.4) is 0 Å². The molecule has 1 fully saturated rings. The topological polar surface area (TPSA) is 51.0 Å². The van der Waals surface area contributed by atoms with E-state index in [1.807, 2.05) is 47.6 Å². The number of benzene rings is 1. The molecule has 4 rings (SSSR count). The lowest BCUT2D eigenvalue weighted by Gasteiger charge is -2.32. The van der Waals surface area contributed by atoms with Crippen LogP contribution in [0.2, 0.25) is 0 Å². The molecule has 2 aromatic heterocycles. The molecule has 5 nitrogen and oxygen atoms in total. The largest absolute Gasteiger partial charge is 0.339 e. The molecule has 0 radical (unpaired) electrons. The lowest BCUT2D eigenvalue weighted by atomic mass is 9.96. The van der Waals surface area contributed by atoms with Gasteiger partial charge in [-0.25, -0.2) is 4.98 Å². The van der Waals surface area contributed by atoms with Gasteiger partial charge in [0.25, 0.3) is 0 Å². The number of allylic oxidation sites excluding steroid dienone is 1. The van der Waals surface area contributed by atoms with Gasteiger partial charge in [0.1, 0.15) is 11.3 Å². The van der Waals surface area contributed by atoms with Crippen LogP contribution in [-0.4, -0.2) is 38.4 Å². The number of carbonyl (C=O) groups excluding carboxylic acids is 1. The van der Waals surface area contributed by atoms with E-state index in [2.05, 4.69) is 40.5 Å². The minimum absolute atomic E-state index is 0.138. The summed E-state index contributed by atoms with van der Waals surface area (Å²) in [7, 11) is 0. The molecule has 0 atom stereocenters. The maximum absolute atomic E-state index is 12.8. The Kier molecular flexibility index (Phi) is 5.74. The van der Waals surface area contributed by atoms with Crippen molar-refractivity contribution < 1.29 is 4.79 Å². The van der Waals surface area contributed by atoms with Crippen LogP contribution < -0.4 is 0 Å². The Morgan fingerprint density at radius 2 is 1.93 bits per heavy atom. The first-order chi connectivity index (χ1) is 14.2. The number of hydrogen-bond acceptors (Lipinski definition) is 3. The summed E-state index contributed by atoms with van der Waals surface area (Å²) in [6, 6.07) is 12.2. The molecule has 0 unspecified atom stereocenters. The fraction of sp³-hybridized carbons (Fsp3) is 0.375. The van der Waals surface area contributed by atoms with Crippen molar-refractivity contribution in [3.8, 4) is 0 Å². The van der Waals surface area contributed by atoms with Gasteiger partial charge in [-0.3, -0.25) is 9.78 Å². The first-order valence-corrected chi connectivity index (χ1v) is 10.5. The number of imidazole rings is 1. The van der Waals surface area contributed by atoms with Crippen LogP contribution in [0.5, 0.6) is 0 Å². The second-order valence-electron chi connectivity index (χ2n) is 7.79. The number of piperidine rings is 1. The van der Waals surface area contributed by atoms with E-state index in [4.69, 9.17) is 0 Å². The van der Waals surface area contributed by atoms with Crippen molar-refractivity contribution >= 4 is 22.5 Å². The number of nitrogens with zero attached hydrogens (tertiary/aromatic N) is 4. The SMILES string of the molecule is CC/C(=C\C(=O)N1CCC(Cn2c(C)nc3cnccc32)CC1)c1ccccc1. The molecule has 1 aliphatic heterocycles. The highest BCUT2D eigenvalue weighted by Gasteiger charge is 2.23. The van der Waals surface area contributed by atoms with E-state index >= 15 is 0 Å². The first-order valence-electron chi connectivity index (χ1n) is 10.5. The smallest absolute Gasteiger partial charge is 0.246 e. The Morgan fingerprint density at radius 3 is 2.66 bits per heavy atom. The Balaban J connectivity index is 1.39. The van der Waals surface area contributed by atoms with E-state index < -0.39 is 0 Å². The molecule has 0 spiro atoms. The number of pyridine rings is 1. The summed E-state index contributed by atoms with van der Waals surface area (Å²) in [5.41, 5.74) is 4.34. The van der Waals surface area contributed by atoms with E-state index in [1.165, 1.54) is 0 Å². The summed E-state index contributed by atoms with van der Waals surface area (Å²) in [6.07, 6.45) is 8.38. The van der Waals surface area contributed by atoms with Crippen molar-refractivity contribution in [1.29, 1.82) is 0 Å². The molecule has 0 N–H and O–H groups in total. The van der Waals surface area contributed by atoms with Crippen LogP contribution >= 0.6 is 0 Å². The monoisotopic (exact) mass is 388 g/mol. The van der Waals surface area contributed by atoms with Crippen LogP contribution in [0, 0.1) is 12.8 Å². The van der Waals surface area contributed by atoms with E-state index in [1.54, 1.807) is 0 Å². The summed E-state index contributed by atoms with van der Waals surface area (Å²) in [6.45, 7) is 6.75. The van der Waals surface area contributed by atoms with Crippen LogP contribution in [-0.2, 0) is 11.3 Å². The standard InChI is InChI=1S/C24H28N4O/c1-3-20(21-7-5-4-6-8-21)15-24(29)27-13-10-19(11-14-27)17-28-18(2)26-22-16-25-12-9-23(22)28/h4-9,12,15-16,19H,3,10-11,13-14,17H2,1-2H3/b20-15+. The van der Waals surface area contributed by atoms with E-state index in [9.17, 15) is 4.79 Å². The Hall–Kier alpha value is -2.95. The number of likely N-dealkylation sites (tertiary alicyclic amines) is 1. The summed E-state index contributed by atoms with van der Waals surface area (Å²) in [4.78, 5) is 23.6. The molecule has 0 aliphatic carbocycles. The van der Waals surface area contributed by atoms with Gasteiger partial charge in [-0.15, -0.1) is 0 Å². The van der Waals surface area contributed by atoms with Crippen molar-refractivity contribution in [3.63, 3.8) is 0 Å². The predicted octanol–water partition coefficient (Wildman–Crippen LogP) is 4.47. The summed E-state index contributed by atoms with van der Waals surface area (Å²) >= 11 is 0. The molecule has 1 saturated heterocycles. The number of rotatable bonds is 5. The van der Waals surface area contributed by atoms with Gasteiger partial charge in [0, 0.05) is 31.9 Å². The fourth-order valence-corrected chi connectivity index (χ4v) is 4.21. The normalized spacial score (nSPS) is 15.8. The lowest BCUT2D eigenvalue weighted by Crippen LogP contribution is -2.38. The number of amides is 1. The molecule has 3 heterocycles. The molecule has 0 bridgehead atoms. The third-order valence-electron chi connectivity index (χ3n) is 5.93. The summed E-state index contributed by atoms with van der Waals surface area (Å²) in [5, 5.41) is 0. The fourth-order valence-electron chi connectivity index (χ4n) is 4.21. The molecular weight excluding hydrogens is 360 g/mol. The van der Waals surface area contributed by atoms with Gasteiger partial charge < -0.3 is 9.47 Å². The zero-order valence-corrected chi connectivity index (χ0v) is 17.2. The van der Waals surface area contributed by atoms with Crippen molar-refractivity contribution in [2.24, 2.45) is 5.92 Å². The zero-order chi connectivity index (χ0) is 20.2. The van der Waals surface area contributed by atoms with Gasteiger partial charge in [0.05, 0.1) is 11.7 Å². The van der Waals surface area contributed by atoms with Crippen molar-refractivity contribution in [2.75, 3.05) is 13.1 Å².